The van der Waals surface area contributed by atoms with Gasteiger partial charge in [0.05, 0.1) is 16.6 Å². The Labute approximate surface area is 202 Å². The van der Waals surface area contributed by atoms with E-state index in [0.29, 0.717) is 10.2 Å². The Balaban J connectivity index is 1.63. The van der Waals surface area contributed by atoms with Crippen LogP contribution in [-0.2, 0) is 0 Å². The average Bonchev–Trinajstić information content (AvgIpc) is 2.91. The smallest absolute Gasteiger partial charge is 0.200 e. The molecule has 4 aromatic carbocycles. The first-order valence-electron chi connectivity index (χ1n) is 10.5. The number of nitrogens with one attached hydrogen (secondary N) is 2. The molecule has 6 rings (SSSR count). The molecule has 0 radical (unpaired) electrons. The predicted octanol–water partition coefficient (Wildman–Crippen LogP) is 7.31. The number of nitrogens with zero attached hydrogens (tertiary/aromatic N) is 2. The molecule has 0 unspecified atom stereocenters. The SMILES string of the molecule is Fc1c(F)c(F)c(-c2cc3ccc4[nH]n(-c5c(F)c(F)c(F)c(F)c5F)[nH]n5ccc(c2)c3c45)c(F)c1F. The normalized spacial score (nSPS) is 11.9. The molecule has 194 valence electrons. The molecule has 0 aliphatic carbocycles. The van der Waals surface area contributed by atoms with Gasteiger partial charge in [-0.3, -0.25) is 5.10 Å². The Hall–Kier alpha value is -4.62. The van der Waals surface area contributed by atoms with Crippen LogP contribution in [-0.4, -0.2) is 19.6 Å². The van der Waals surface area contributed by atoms with Crippen molar-refractivity contribution in [3.05, 3.63) is 94.7 Å². The fourth-order valence-corrected chi connectivity index (χ4v) is 4.42. The van der Waals surface area contributed by atoms with Crippen molar-refractivity contribution in [2.24, 2.45) is 0 Å². The van der Waals surface area contributed by atoms with E-state index in [1.807, 2.05) is 0 Å². The van der Waals surface area contributed by atoms with Gasteiger partial charge in [-0.2, -0.15) is 4.80 Å². The molecule has 0 amide bonds. The molecule has 0 spiro atoms. The highest BCUT2D eigenvalue weighted by Crippen LogP contribution is 2.37. The number of pyridine rings is 1. The fraction of sp³-hybridized carbons (Fsp3) is 0. The Morgan fingerprint density at radius 2 is 1.05 bits per heavy atom. The number of halogens is 10. The van der Waals surface area contributed by atoms with Crippen LogP contribution in [0.4, 0.5) is 43.9 Å². The number of H-pyrrole nitrogens is 2. The lowest BCUT2D eigenvalue weighted by Crippen LogP contribution is -2.18. The van der Waals surface area contributed by atoms with Crippen molar-refractivity contribution in [1.82, 2.24) is 19.6 Å². The lowest BCUT2D eigenvalue weighted by atomic mass is 9.96. The first-order valence-corrected chi connectivity index (χ1v) is 10.5. The third-order valence-corrected chi connectivity index (χ3v) is 6.11. The van der Waals surface area contributed by atoms with Crippen molar-refractivity contribution in [1.29, 1.82) is 0 Å². The maximum absolute atomic E-state index is 14.4. The first-order chi connectivity index (χ1) is 18.0. The van der Waals surface area contributed by atoms with E-state index in [-0.39, 0.29) is 27.4 Å². The maximum Gasteiger partial charge on any atom is 0.200 e. The van der Waals surface area contributed by atoms with Gasteiger partial charge in [-0.25, -0.2) is 53.6 Å². The highest BCUT2D eigenvalue weighted by Gasteiger charge is 2.29. The molecule has 14 heteroatoms. The van der Waals surface area contributed by atoms with Crippen LogP contribution in [0.2, 0.25) is 0 Å². The van der Waals surface area contributed by atoms with Gasteiger partial charge in [0, 0.05) is 11.6 Å². The van der Waals surface area contributed by atoms with Gasteiger partial charge in [-0.15, -0.1) is 0 Å². The van der Waals surface area contributed by atoms with Gasteiger partial charge in [0.25, 0.3) is 0 Å². The third kappa shape index (κ3) is 3.05. The molecule has 0 aliphatic heterocycles. The highest BCUT2D eigenvalue weighted by atomic mass is 19.2. The Bertz CT molecular complexity index is 1730. The van der Waals surface area contributed by atoms with E-state index in [0.717, 1.165) is 4.52 Å². The van der Waals surface area contributed by atoms with E-state index >= 15 is 0 Å². The lowest BCUT2D eigenvalue weighted by molar-refractivity contribution is 0.369. The van der Waals surface area contributed by atoms with E-state index < -0.39 is 69.4 Å². The molecule has 0 atom stereocenters. The van der Waals surface area contributed by atoms with Crippen molar-refractivity contribution < 1.29 is 43.9 Å². The molecule has 38 heavy (non-hydrogen) atoms. The van der Waals surface area contributed by atoms with Crippen molar-refractivity contribution in [2.75, 3.05) is 0 Å². The first kappa shape index (κ1) is 23.8. The van der Waals surface area contributed by atoms with Crippen molar-refractivity contribution in [3.8, 4) is 16.8 Å². The molecule has 4 nitrogen and oxygen atoms in total. The summed E-state index contributed by atoms with van der Waals surface area (Å²) in [5.41, 5.74) is -2.41. The minimum Gasteiger partial charge on any atom is -0.276 e. The van der Waals surface area contributed by atoms with Gasteiger partial charge < -0.3 is 0 Å². The number of rotatable bonds is 2. The van der Waals surface area contributed by atoms with Gasteiger partial charge in [0.2, 0.25) is 11.6 Å². The Kier molecular flexibility index (Phi) is 4.96. The molecule has 0 aliphatic rings. The van der Waals surface area contributed by atoms with E-state index in [1.165, 1.54) is 36.5 Å². The monoisotopic (exact) mass is 542 g/mol. The summed E-state index contributed by atoms with van der Waals surface area (Å²) in [4.78, 5) is 0.461. The summed E-state index contributed by atoms with van der Waals surface area (Å²) in [5.74, 6) is -21.4. The van der Waals surface area contributed by atoms with Crippen molar-refractivity contribution in [3.63, 3.8) is 0 Å². The highest BCUT2D eigenvalue weighted by molar-refractivity contribution is 6.15. The Morgan fingerprint density at radius 1 is 0.553 bits per heavy atom. The summed E-state index contributed by atoms with van der Waals surface area (Å²) in [6.07, 6.45) is 1.25. The molecular formula is C24H8F10N4. The number of benzene rings is 4. The molecule has 0 fully saturated rings. The lowest BCUT2D eigenvalue weighted by Gasteiger charge is -2.18. The molecule has 0 saturated carbocycles. The zero-order valence-corrected chi connectivity index (χ0v) is 18.1. The summed E-state index contributed by atoms with van der Waals surface area (Å²) in [6.45, 7) is 0. The minimum atomic E-state index is -2.33. The summed E-state index contributed by atoms with van der Waals surface area (Å²) < 4.78 is 141. The number of aromatic nitrogens is 4. The van der Waals surface area contributed by atoms with Gasteiger partial charge in [0.15, 0.2) is 52.2 Å². The largest absolute Gasteiger partial charge is 0.276 e. The third-order valence-electron chi connectivity index (χ3n) is 6.11. The van der Waals surface area contributed by atoms with Gasteiger partial charge in [-0.05, 0) is 40.6 Å². The van der Waals surface area contributed by atoms with E-state index in [2.05, 4.69) is 10.3 Å². The van der Waals surface area contributed by atoms with Gasteiger partial charge >= 0.3 is 0 Å². The van der Waals surface area contributed by atoms with Crippen LogP contribution in [0.15, 0.2) is 36.5 Å². The quantitative estimate of drug-likeness (QED) is 0.0998. The fourth-order valence-electron chi connectivity index (χ4n) is 4.42. The second-order valence-electron chi connectivity index (χ2n) is 8.22. The number of hydrogen-bond acceptors (Lipinski definition) is 0. The van der Waals surface area contributed by atoms with Crippen LogP contribution in [0, 0.1) is 58.2 Å². The Morgan fingerprint density at radius 3 is 1.63 bits per heavy atom. The van der Waals surface area contributed by atoms with Crippen LogP contribution in [0.1, 0.15) is 0 Å². The molecule has 2 heterocycles. The molecule has 0 saturated heterocycles. The summed E-state index contributed by atoms with van der Waals surface area (Å²) >= 11 is 0. The summed E-state index contributed by atoms with van der Waals surface area (Å²) in [7, 11) is 0. The zero-order valence-electron chi connectivity index (χ0n) is 18.1. The van der Waals surface area contributed by atoms with Gasteiger partial charge in [0.1, 0.15) is 0 Å². The molecule has 0 bridgehead atoms. The predicted molar refractivity (Wildman–Crippen MR) is 114 cm³/mol. The number of hydrogen-bond donors (Lipinski definition) is 2. The van der Waals surface area contributed by atoms with Crippen LogP contribution < -0.4 is 0 Å². The van der Waals surface area contributed by atoms with Crippen LogP contribution in [0.3, 0.4) is 0 Å². The second kappa shape index (κ2) is 7.94. The standard InChI is InChI=1S/C24H8F10N4/c25-13-12(14(26)16(28)17(29)15(13)27)9-5-7-1-2-10-23-11(7)8(6-9)3-4-37(23)36-38(35-10)24-21(33)19(31)18(30)20(32)22(24)34/h1-6,35-36H. The average molecular weight is 542 g/mol. The van der Waals surface area contributed by atoms with Crippen molar-refractivity contribution in [2.45, 2.75) is 0 Å². The molecular weight excluding hydrogens is 534 g/mol. The summed E-state index contributed by atoms with van der Waals surface area (Å²) in [5, 5.41) is 5.82. The maximum atomic E-state index is 14.4. The topological polar surface area (TPSA) is 40.9 Å². The van der Waals surface area contributed by atoms with Crippen molar-refractivity contribution >= 4 is 27.2 Å². The number of aromatic amines is 2. The zero-order chi connectivity index (χ0) is 27.2. The molecule has 6 aromatic rings. The van der Waals surface area contributed by atoms with E-state index in [4.69, 9.17) is 0 Å². The van der Waals surface area contributed by atoms with Gasteiger partial charge in [-0.1, -0.05) is 6.07 Å². The second-order valence-corrected chi connectivity index (χ2v) is 8.22. The van der Waals surface area contributed by atoms with Crippen LogP contribution in [0.25, 0.3) is 44.0 Å². The minimum absolute atomic E-state index is 0.106. The van der Waals surface area contributed by atoms with Crippen LogP contribution in [0.5, 0.6) is 0 Å². The van der Waals surface area contributed by atoms with Crippen LogP contribution >= 0.6 is 0 Å². The molecule has 2 aromatic heterocycles. The van der Waals surface area contributed by atoms with E-state index in [1.54, 1.807) is 0 Å². The summed E-state index contributed by atoms with van der Waals surface area (Å²) in [6, 6.07) is 6.36. The van der Waals surface area contributed by atoms with E-state index in [9.17, 15) is 43.9 Å². The molecule has 2 N–H and O–H groups in total.